The number of nitrogens with zero attached hydrogens (tertiary/aromatic N) is 6. The average Bonchev–Trinajstić information content (AvgIpc) is 3.65. The van der Waals surface area contributed by atoms with Crippen LogP contribution in [0.3, 0.4) is 0 Å². The third kappa shape index (κ3) is 8.39. The van der Waals surface area contributed by atoms with E-state index in [2.05, 4.69) is 29.3 Å². The van der Waals surface area contributed by atoms with Gasteiger partial charge in [0.2, 0.25) is 22.1 Å². The molecule has 220 valence electrons. The summed E-state index contributed by atoms with van der Waals surface area (Å²) < 4.78 is 25.6. The highest BCUT2D eigenvalue weighted by Crippen LogP contribution is 2.16. The van der Waals surface area contributed by atoms with E-state index in [9.17, 15) is 19.2 Å². The van der Waals surface area contributed by atoms with Gasteiger partial charge in [-0.05, 0) is 30.1 Å². The standard InChI is InChI=1S/C11H10ClN3O4.C9H11ClN2O4.C3H4N2O/c1-15-10(17)9(18-2)8(14-11(15)12)7(16)3-6-4-13-19-5-6;1-4-16-8(14)5-6(15-3)7(13)12(2)9(10)11-5;4-3-1-5-6-2-3/h4-5H,3H2,1-2H3;4H2,1-3H3;1-2H,4H2. The maximum absolute atomic E-state index is 12.1. The number of nitrogens with two attached hydrogens (primary N) is 1. The van der Waals surface area contributed by atoms with E-state index in [1.807, 2.05) is 0 Å². The maximum Gasteiger partial charge on any atom is 0.361 e. The zero-order chi connectivity index (χ0) is 30.7. The molecule has 4 aromatic heterocycles. The van der Waals surface area contributed by atoms with Crippen LogP contribution in [0.4, 0.5) is 5.69 Å². The summed E-state index contributed by atoms with van der Waals surface area (Å²) in [6.45, 7) is 1.82. The molecular weight excluding hydrogens is 589 g/mol. The van der Waals surface area contributed by atoms with Gasteiger partial charge in [-0.3, -0.25) is 23.5 Å². The number of carbonyl (C=O) groups excluding carboxylic acids is 2. The fourth-order valence-corrected chi connectivity index (χ4v) is 3.12. The van der Waals surface area contributed by atoms with Crippen molar-refractivity contribution in [2.24, 2.45) is 14.1 Å². The van der Waals surface area contributed by atoms with Gasteiger partial charge in [0.05, 0.1) is 38.9 Å². The quantitative estimate of drug-likeness (QED) is 0.179. The minimum atomic E-state index is -0.737. The Bertz CT molecular complexity index is 1580. The van der Waals surface area contributed by atoms with Crippen LogP contribution in [0.5, 0.6) is 11.5 Å². The summed E-state index contributed by atoms with van der Waals surface area (Å²) in [5.41, 5.74) is 4.90. The molecule has 0 fully saturated rings. The molecule has 0 atom stereocenters. The van der Waals surface area contributed by atoms with E-state index in [0.717, 1.165) is 9.13 Å². The zero-order valence-electron chi connectivity index (χ0n) is 22.4. The van der Waals surface area contributed by atoms with Gasteiger partial charge in [-0.25, -0.2) is 14.8 Å². The number of methoxy groups -OCH3 is 2. The van der Waals surface area contributed by atoms with Crippen molar-refractivity contribution in [3.63, 3.8) is 0 Å². The van der Waals surface area contributed by atoms with E-state index >= 15 is 0 Å². The molecule has 0 saturated heterocycles. The summed E-state index contributed by atoms with van der Waals surface area (Å²) in [5.74, 6) is -1.45. The number of esters is 1. The first-order valence-corrected chi connectivity index (χ1v) is 12.1. The van der Waals surface area contributed by atoms with Crippen LogP contribution in [0.2, 0.25) is 10.6 Å². The number of rotatable bonds is 7. The molecule has 4 aromatic rings. The third-order valence-corrected chi connectivity index (χ3v) is 5.51. The normalized spacial score (nSPS) is 10.0. The van der Waals surface area contributed by atoms with Gasteiger partial charge in [0.1, 0.15) is 12.5 Å². The van der Waals surface area contributed by atoms with E-state index < -0.39 is 22.9 Å². The molecule has 4 heterocycles. The van der Waals surface area contributed by atoms with Gasteiger partial charge in [0, 0.05) is 26.1 Å². The smallest absolute Gasteiger partial charge is 0.361 e. The molecule has 41 heavy (non-hydrogen) atoms. The average molecular weight is 614 g/mol. The van der Waals surface area contributed by atoms with Gasteiger partial charge < -0.3 is 29.0 Å². The predicted molar refractivity (Wildman–Crippen MR) is 143 cm³/mol. The Hall–Kier alpha value is -4.70. The van der Waals surface area contributed by atoms with Crippen molar-refractivity contribution < 1.29 is 32.8 Å². The van der Waals surface area contributed by atoms with Crippen LogP contribution in [0.1, 0.15) is 33.5 Å². The fourth-order valence-electron chi connectivity index (χ4n) is 2.80. The summed E-state index contributed by atoms with van der Waals surface area (Å²) in [6.07, 6.45) is 5.57. The summed E-state index contributed by atoms with van der Waals surface area (Å²) >= 11 is 11.5. The lowest BCUT2D eigenvalue weighted by atomic mass is 10.1. The van der Waals surface area contributed by atoms with Crippen molar-refractivity contribution >= 4 is 40.6 Å². The first-order valence-electron chi connectivity index (χ1n) is 11.3. The van der Waals surface area contributed by atoms with Crippen molar-refractivity contribution in [2.45, 2.75) is 13.3 Å². The zero-order valence-corrected chi connectivity index (χ0v) is 23.9. The lowest BCUT2D eigenvalue weighted by molar-refractivity contribution is 0.0514. The highest BCUT2D eigenvalue weighted by molar-refractivity contribution is 6.29. The molecule has 18 heteroatoms. The third-order valence-electron chi connectivity index (χ3n) is 4.83. The Balaban J connectivity index is 0.000000241. The summed E-state index contributed by atoms with van der Waals surface area (Å²) in [6, 6.07) is 0. The fraction of sp³-hybridized carbons (Fsp3) is 0.304. The summed E-state index contributed by atoms with van der Waals surface area (Å²) in [5, 5.41) is 6.62. The second-order valence-electron chi connectivity index (χ2n) is 7.56. The Morgan fingerprint density at radius 2 is 1.41 bits per heavy atom. The van der Waals surface area contributed by atoms with Crippen molar-refractivity contribution in [1.82, 2.24) is 29.4 Å². The van der Waals surface area contributed by atoms with Crippen LogP contribution in [0.15, 0.2) is 43.6 Å². The Morgan fingerprint density at radius 1 is 0.902 bits per heavy atom. The lowest BCUT2D eigenvalue weighted by Gasteiger charge is -2.08. The molecule has 2 N–H and O–H groups in total. The van der Waals surface area contributed by atoms with Gasteiger partial charge in [-0.2, -0.15) is 0 Å². The second-order valence-corrected chi connectivity index (χ2v) is 8.24. The molecule has 0 spiro atoms. The van der Waals surface area contributed by atoms with Gasteiger partial charge in [-0.1, -0.05) is 10.3 Å². The van der Waals surface area contributed by atoms with Crippen molar-refractivity contribution in [3.05, 3.63) is 73.1 Å². The van der Waals surface area contributed by atoms with Gasteiger partial charge in [-0.15, -0.1) is 0 Å². The number of nitrogen functional groups attached to an aromatic ring is 1. The van der Waals surface area contributed by atoms with E-state index in [1.54, 1.807) is 6.92 Å². The Morgan fingerprint density at radius 3 is 1.83 bits per heavy atom. The second kappa shape index (κ2) is 15.2. The number of hydrogen-bond donors (Lipinski definition) is 1. The van der Waals surface area contributed by atoms with Crippen LogP contribution in [0.25, 0.3) is 0 Å². The van der Waals surface area contributed by atoms with Crippen molar-refractivity contribution in [3.8, 4) is 11.5 Å². The van der Waals surface area contributed by atoms with E-state index in [0.29, 0.717) is 11.3 Å². The monoisotopic (exact) mass is 613 g/mol. The Kier molecular flexibility index (Phi) is 12.0. The number of halogens is 2. The number of ether oxygens (including phenoxy) is 3. The molecule has 0 bridgehead atoms. The SMILES string of the molecule is CCOC(=O)c1nc(Cl)n(C)c(=O)c1OC.COc1c(C(=O)Cc2cnoc2)nc(Cl)n(C)c1=O.Nc1cnoc1. The van der Waals surface area contributed by atoms with Crippen LogP contribution in [0, 0.1) is 0 Å². The van der Waals surface area contributed by atoms with E-state index in [4.69, 9.17) is 43.1 Å². The molecule has 0 radical (unpaired) electrons. The number of anilines is 1. The van der Waals surface area contributed by atoms with Crippen LogP contribution >= 0.6 is 23.2 Å². The largest absolute Gasteiger partial charge is 0.489 e. The number of ketones is 1. The molecule has 4 rings (SSSR count). The van der Waals surface area contributed by atoms with Gasteiger partial charge >= 0.3 is 5.97 Å². The highest BCUT2D eigenvalue weighted by atomic mass is 35.5. The topological polar surface area (TPSA) is 210 Å². The molecule has 16 nitrogen and oxygen atoms in total. The molecule has 0 saturated carbocycles. The van der Waals surface area contributed by atoms with Crippen LogP contribution in [-0.2, 0) is 25.3 Å². The molecule has 0 unspecified atom stereocenters. The molecule has 0 aliphatic rings. The number of hydrogen-bond acceptors (Lipinski definition) is 14. The first kappa shape index (κ1) is 32.5. The number of Topliss-reactive ketones (excluding diaryl/α,β-unsaturated/α-hetero) is 1. The van der Waals surface area contributed by atoms with E-state index in [1.165, 1.54) is 53.2 Å². The molecular formula is C23H25Cl2N7O9. The molecule has 0 aliphatic heterocycles. The minimum absolute atomic E-state index is 0.00361. The van der Waals surface area contributed by atoms with Gasteiger partial charge in [0.25, 0.3) is 11.1 Å². The lowest BCUT2D eigenvalue weighted by Crippen LogP contribution is -2.24. The van der Waals surface area contributed by atoms with Gasteiger partial charge in [0.15, 0.2) is 17.2 Å². The van der Waals surface area contributed by atoms with Crippen LogP contribution in [-0.4, -0.2) is 62.0 Å². The first-order chi connectivity index (χ1) is 19.5. The minimum Gasteiger partial charge on any atom is -0.489 e. The predicted octanol–water partition coefficient (Wildman–Crippen LogP) is 1.73. The number of aromatic nitrogens is 6. The Labute approximate surface area is 241 Å². The van der Waals surface area contributed by atoms with Crippen molar-refractivity contribution in [2.75, 3.05) is 26.6 Å². The van der Waals surface area contributed by atoms with E-state index in [-0.39, 0.29) is 46.5 Å². The summed E-state index contributed by atoms with van der Waals surface area (Å²) in [4.78, 5) is 54.7. The van der Waals surface area contributed by atoms with Crippen LogP contribution < -0.4 is 26.3 Å². The maximum atomic E-state index is 12.1. The number of carbonyl (C=O) groups is 2. The highest BCUT2D eigenvalue weighted by Gasteiger charge is 2.22. The van der Waals surface area contributed by atoms with Crippen molar-refractivity contribution in [1.29, 1.82) is 0 Å². The molecule has 0 aromatic carbocycles. The molecule has 0 aliphatic carbocycles. The summed E-state index contributed by atoms with van der Waals surface area (Å²) in [7, 11) is 5.43. The molecule has 0 amide bonds.